The van der Waals surface area contributed by atoms with Gasteiger partial charge in [0.25, 0.3) is 0 Å². The molecule has 1 unspecified atom stereocenters. The third-order valence-electron chi connectivity index (χ3n) is 5.35. The number of para-hydroxylation sites is 1. The number of aromatic nitrogens is 2. The molecule has 1 N–H and O–H groups in total. The molecule has 3 rings (SSSR count). The lowest BCUT2D eigenvalue weighted by Crippen LogP contribution is -2.44. The first-order valence-electron chi connectivity index (χ1n) is 10.5. The molecule has 168 valence electrons. The van der Waals surface area contributed by atoms with Crippen molar-refractivity contribution in [1.82, 2.24) is 19.4 Å². The molecule has 0 radical (unpaired) electrons. The van der Waals surface area contributed by atoms with Gasteiger partial charge in [-0.05, 0) is 51.7 Å². The molecule has 0 bridgehead atoms. The molecule has 1 saturated heterocycles. The molecule has 1 atom stereocenters. The Labute approximate surface area is 180 Å². The molecule has 0 saturated carbocycles. The van der Waals surface area contributed by atoms with Crippen molar-refractivity contribution in [3.05, 3.63) is 34.2 Å². The lowest BCUT2D eigenvalue weighted by atomic mass is 10.0. The van der Waals surface area contributed by atoms with E-state index in [2.05, 4.69) is 5.32 Å². The highest BCUT2D eigenvalue weighted by molar-refractivity contribution is 6.00. The van der Waals surface area contributed by atoms with E-state index in [9.17, 15) is 19.2 Å². The van der Waals surface area contributed by atoms with Crippen molar-refractivity contribution < 1.29 is 19.1 Å². The number of benzene rings is 1. The number of nitrogens with zero attached hydrogens (tertiary/aromatic N) is 3. The van der Waals surface area contributed by atoms with Crippen LogP contribution >= 0.6 is 0 Å². The van der Waals surface area contributed by atoms with Crippen LogP contribution in [0.2, 0.25) is 0 Å². The molecular weight excluding hydrogens is 400 g/mol. The van der Waals surface area contributed by atoms with E-state index < -0.39 is 17.6 Å². The van der Waals surface area contributed by atoms with Gasteiger partial charge >= 0.3 is 11.8 Å². The van der Waals surface area contributed by atoms with Crippen molar-refractivity contribution in [3.63, 3.8) is 0 Å². The van der Waals surface area contributed by atoms with Crippen LogP contribution in [0.1, 0.15) is 51.6 Å². The van der Waals surface area contributed by atoms with Crippen LogP contribution in [0.5, 0.6) is 0 Å². The van der Waals surface area contributed by atoms with Gasteiger partial charge in [-0.15, -0.1) is 0 Å². The number of piperidine rings is 1. The number of aryl methyl sites for hydroxylation is 2. The van der Waals surface area contributed by atoms with Crippen LogP contribution in [0.25, 0.3) is 11.0 Å². The molecule has 9 nitrogen and oxygen atoms in total. The smallest absolute Gasteiger partial charge is 0.410 e. The Bertz CT molecular complexity index is 1080. The van der Waals surface area contributed by atoms with E-state index in [1.54, 1.807) is 23.6 Å². The highest BCUT2D eigenvalue weighted by Crippen LogP contribution is 2.25. The molecule has 1 aliphatic heterocycles. The van der Waals surface area contributed by atoms with Gasteiger partial charge in [-0.25, -0.2) is 9.59 Å². The fourth-order valence-electron chi connectivity index (χ4n) is 3.89. The molecule has 1 aromatic heterocycles. The summed E-state index contributed by atoms with van der Waals surface area (Å²) in [6.07, 6.45) is 1.47. The second kappa shape index (κ2) is 8.56. The van der Waals surface area contributed by atoms with E-state index in [0.717, 1.165) is 11.1 Å². The molecule has 1 aliphatic rings. The summed E-state index contributed by atoms with van der Waals surface area (Å²) >= 11 is 0. The minimum atomic E-state index is -0.706. The maximum atomic E-state index is 13.0. The fourth-order valence-corrected chi connectivity index (χ4v) is 3.89. The van der Waals surface area contributed by atoms with E-state index in [4.69, 9.17) is 4.74 Å². The molecule has 2 heterocycles. The quantitative estimate of drug-likeness (QED) is 0.732. The molecule has 1 aromatic carbocycles. The monoisotopic (exact) mass is 430 g/mol. The molecular formula is C22H30N4O5. The predicted molar refractivity (Wildman–Crippen MR) is 116 cm³/mol. The average Bonchev–Trinajstić information content (AvgIpc) is 2.92. The number of amides is 3. The highest BCUT2D eigenvalue weighted by Gasteiger charge is 2.31. The van der Waals surface area contributed by atoms with Gasteiger partial charge in [0.05, 0.1) is 11.0 Å². The standard InChI is InChI=1S/C22H30N4O5/c1-22(2,3)31-21(30)24(4)13-7-9-14-8-6-10-15-18(14)25(5)20(29)26(15)16-11-12-17(27)23-19(16)28/h6,8,10,16H,7,9,11-13H2,1-5H3,(H,23,27,28). The third-order valence-corrected chi connectivity index (χ3v) is 5.35. The lowest BCUT2D eigenvalue weighted by Gasteiger charge is -2.24. The molecule has 3 amide bonds. The van der Waals surface area contributed by atoms with Gasteiger partial charge in [-0.2, -0.15) is 0 Å². The zero-order chi connectivity index (χ0) is 22.9. The Morgan fingerprint density at radius 3 is 2.61 bits per heavy atom. The second-order valence-electron chi connectivity index (χ2n) is 8.97. The normalized spacial score (nSPS) is 17.0. The Morgan fingerprint density at radius 2 is 1.97 bits per heavy atom. The van der Waals surface area contributed by atoms with Crippen LogP contribution in [-0.2, 0) is 27.8 Å². The number of carbonyl (C=O) groups excluding carboxylic acids is 3. The number of rotatable bonds is 5. The van der Waals surface area contributed by atoms with Crippen LogP contribution in [-0.4, -0.2) is 51.1 Å². The van der Waals surface area contributed by atoms with Crippen molar-refractivity contribution >= 4 is 28.9 Å². The predicted octanol–water partition coefficient (Wildman–Crippen LogP) is 2.12. The summed E-state index contributed by atoms with van der Waals surface area (Å²) in [6.45, 7) is 5.99. The van der Waals surface area contributed by atoms with Crippen molar-refractivity contribution in [1.29, 1.82) is 0 Å². The Kier molecular flexibility index (Phi) is 6.24. The van der Waals surface area contributed by atoms with Crippen LogP contribution < -0.4 is 11.0 Å². The summed E-state index contributed by atoms with van der Waals surface area (Å²) < 4.78 is 8.40. The Balaban J connectivity index is 1.81. The average molecular weight is 431 g/mol. The van der Waals surface area contributed by atoms with Crippen molar-refractivity contribution in [2.75, 3.05) is 13.6 Å². The molecule has 31 heavy (non-hydrogen) atoms. The van der Waals surface area contributed by atoms with Gasteiger partial charge in [0.1, 0.15) is 11.6 Å². The number of imide groups is 1. The second-order valence-corrected chi connectivity index (χ2v) is 8.97. The molecule has 2 aromatic rings. The molecule has 1 fully saturated rings. The van der Waals surface area contributed by atoms with Crippen LogP contribution in [0, 0.1) is 0 Å². The lowest BCUT2D eigenvalue weighted by molar-refractivity contribution is -0.135. The zero-order valence-electron chi connectivity index (χ0n) is 18.7. The van der Waals surface area contributed by atoms with Gasteiger partial charge in [-0.1, -0.05) is 12.1 Å². The number of nitrogens with one attached hydrogen (secondary N) is 1. The van der Waals surface area contributed by atoms with Crippen LogP contribution in [0.3, 0.4) is 0 Å². The third kappa shape index (κ3) is 4.81. The zero-order valence-corrected chi connectivity index (χ0v) is 18.7. The van der Waals surface area contributed by atoms with E-state index in [-0.39, 0.29) is 24.1 Å². The largest absolute Gasteiger partial charge is 0.444 e. The van der Waals surface area contributed by atoms with Gasteiger partial charge in [0, 0.05) is 27.1 Å². The number of fused-ring (bicyclic) bond motifs is 1. The van der Waals surface area contributed by atoms with Crippen molar-refractivity contribution in [2.45, 2.75) is 58.1 Å². The summed E-state index contributed by atoms with van der Waals surface area (Å²) in [6, 6.07) is 4.92. The van der Waals surface area contributed by atoms with E-state index >= 15 is 0 Å². The first kappa shape index (κ1) is 22.6. The molecule has 0 aliphatic carbocycles. The fraction of sp³-hybridized carbons (Fsp3) is 0.545. The molecule has 9 heteroatoms. The molecule has 0 spiro atoms. The number of hydrogen-bond donors (Lipinski definition) is 1. The van der Waals surface area contributed by atoms with Crippen molar-refractivity contribution in [3.8, 4) is 0 Å². The van der Waals surface area contributed by atoms with Crippen LogP contribution in [0.4, 0.5) is 4.79 Å². The summed E-state index contributed by atoms with van der Waals surface area (Å²) in [5.41, 5.74) is 1.55. The van der Waals surface area contributed by atoms with E-state index in [1.807, 2.05) is 39.0 Å². The van der Waals surface area contributed by atoms with Gasteiger partial charge in [0.15, 0.2) is 0 Å². The first-order valence-corrected chi connectivity index (χ1v) is 10.5. The minimum absolute atomic E-state index is 0.204. The van der Waals surface area contributed by atoms with Gasteiger partial charge < -0.3 is 9.64 Å². The maximum absolute atomic E-state index is 13.0. The van der Waals surface area contributed by atoms with Crippen LogP contribution in [0.15, 0.2) is 23.0 Å². The van der Waals surface area contributed by atoms with E-state index in [0.29, 0.717) is 31.3 Å². The first-order chi connectivity index (χ1) is 14.5. The van der Waals surface area contributed by atoms with E-state index in [1.165, 1.54) is 4.57 Å². The SMILES string of the molecule is CN(CCCc1cccc2c1n(C)c(=O)n2C1CCC(=O)NC1=O)C(=O)OC(C)(C)C. The Hall–Kier alpha value is -3.10. The number of carbonyl (C=O) groups is 3. The summed E-state index contributed by atoms with van der Waals surface area (Å²) in [4.78, 5) is 50.5. The topological polar surface area (TPSA) is 103 Å². The summed E-state index contributed by atoms with van der Waals surface area (Å²) in [5.74, 6) is -0.764. The Morgan fingerprint density at radius 1 is 1.26 bits per heavy atom. The summed E-state index contributed by atoms with van der Waals surface area (Å²) in [7, 11) is 3.38. The summed E-state index contributed by atoms with van der Waals surface area (Å²) in [5, 5.41) is 2.32. The number of hydrogen-bond acceptors (Lipinski definition) is 5. The van der Waals surface area contributed by atoms with Gasteiger partial charge in [-0.3, -0.25) is 24.0 Å². The van der Waals surface area contributed by atoms with Crippen molar-refractivity contribution in [2.24, 2.45) is 7.05 Å². The minimum Gasteiger partial charge on any atom is -0.444 e. The number of imidazole rings is 1. The maximum Gasteiger partial charge on any atom is 0.410 e. The number of ether oxygens (including phenoxy) is 1. The van der Waals surface area contributed by atoms with Gasteiger partial charge in [0.2, 0.25) is 11.8 Å². The highest BCUT2D eigenvalue weighted by atomic mass is 16.6.